The molecule has 0 saturated carbocycles. The first-order valence-corrected chi connectivity index (χ1v) is 4.67. The number of esters is 1. The Balaban J connectivity index is 0. The van der Waals surface area contributed by atoms with Crippen LogP contribution in [-0.2, 0) is 19.6 Å². The number of hydrogen-bond acceptors (Lipinski definition) is 5. The Morgan fingerprint density at radius 1 is 1.40 bits per heavy atom. The van der Waals surface area contributed by atoms with Gasteiger partial charge in [0, 0.05) is 0 Å². The van der Waals surface area contributed by atoms with E-state index in [9.17, 15) is 18.0 Å². The Morgan fingerprint density at radius 2 is 1.67 bits per heavy atom. The van der Waals surface area contributed by atoms with Gasteiger partial charge in [0.25, 0.3) is 0 Å². The Bertz CT molecular complexity index is 292. The monoisotopic (exact) mass is 254 g/mol. The normalized spacial score (nSPS) is 13.5. The molecule has 92 valence electrons. The zero-order chi connectivity index (χ0) is 12.9. The van der Waals surface area contributed by atoms with Crippen molar-refractivity contribution in [2.75, 3.05) is 7.11 Å². The first-order chi connectivity index (χ1) is 6.43. The Morgan fingerprint density at radius 3 is 1.67 bits per heavy atom. The third-order valence-electron chi connectivity index (χ3n) is 0.835. The molecule has 0 rings (SSSR count). The molecule has 0 unspecified atom stereocenters. The van der Waals surface area contributed by atoms with Gasteiger partial charge in [-0.05, 0) is 6.92 Å². The average Bonchev–Trinajstić information content (AvgIpc) is 2.00. The molecular weight excluding hydrogens is 245 g/mol. The van der Waals surface area contributed by atoms with Crippen molar-refractivity contribution < 1.29 is 40.8 Å². The summed E-state index contributed by atoms with van der Waals surface area (Å²) in [5.74, 6) is -0.597. The van der Waals surface area contributed by atoms with Crippen LogP contribution in [0.4, 0.5) is 13.2 Å². The summed E-state index contributed by atoms with van der Waals surface area (Å²) >= 11 is 0. The van der Waals surface area contributed by atoms with Gasteiger partial charge in [0.15, 0.2) is 0 Å². The molecule has 0 aromatic heterocycles. The van der Waals surface area contributed by atoms with Gasteiger partial charge in [-0.1, -0.05) is 0 Å². The lowest BCUT2D eigenvalue weighted by Gasteiger charge is -1.97. The third kappa shape index (κ3) is 8.15. The number of methoxy groups -OCH3 is 1. The van der Waals surface area contributed by atoms with Crippen LogP contribution in [0.3, 0.4) is 0 Å². The number of carbonyl (C=O) groups excluding carboxylic acids is 1. The van der Waals surface area contributed by atoms with E-state index in [1.165, 1.54) is 14.0 Å². The van der Waals surface area contributed by atoms with Gasteiger partial charge in [0.2, 0.25) is 0 Å². The van der Waals surface area contributed by atoms with Crippen LogP contribution in [0.1, 0.15) is 6.92 Å². The topological polar surface area (TPSA) is 101 Å². The number of halogens is 3. The van der Waals surface area contributed by atoms with Gasteiger partial charge in [0.05, 0.1) is 7.11 Å². The smallest absolute Gasteiger partial charge is 0.467 e. The SMILES string of the molecule is COC(=O)[C@@H](C)O.O=S(=O)(O)C(F)(F)F. The molecule has 0 aliphatic rings. The third-order valence-corrected chi connectivity index (χ3v) is 1.42. The summed E-state index contributed by atoms with van der Waals surface area (Å²) in [4.78, 5) is 10.0. The molecule has 2 N–H and O–H groups in total. The highest BCUT2D eigenvalue weighted by molar-refractivity contribution is 7.86. The van der Waals surface area contributed by atoms with E-state index in [1.807, 2.05) is 0 Å². The maximum atomic E-state index is 10.7. The summed E-state index contributed by atoms with van der Waals surface area (Å²) in [5, 5.41) is 8.35. The Kier molecular flexibility index (Phi) is 6.49. The largest absolute Gasteiger partial charge is 0.522 e. The Hall–Kier alpha value is -0.870. The fourth-order valence-electron chi connectivity index (χ4n) is 0.171. The van der Waals surface area contributed by atoms with Gasteiger partial charge in [0.1, 0.15) is 6.10 Å². The van der Waals surface area contributed by atoms with Crippen LogP contribution < -0.4 is 0 Å². The molecular formula is C5H9F3O6S. The first kappa shape index (κ1) is 16.6. The molecule has 1 atom stereocenters. The summed E-state index contributed by atoms with van der Waals surface area (Å²) in [7, 11) is -4.61. The van der Waals surface area contributed by atoms with E-state index in [4.69, 9.17) is 18.1 Å². The van der Waals surface area contributed by atoms with Crippen LogP contribution in [0.2, 0.25) is 0 Å². The van der Waals surface area contributed by atoms with Crippen LogP contribution in [0, 0.1) is 0 Å². The summed E-state index contributed by atoms with van der Waals surface area (Å²) in [6.45, 7) is 1.35. The highest BCUT2D eigenvalue weighted by Gasteiger charge is 2.44. The van der Waals surface area contributed by atoms with Crippen molar-refractivity contribution in [3.63, 3.8) is 0 Å². The molecule has 15 heavy (non-hydrogen) atoms. The minimum Gasteiger partial charge on any atom is -0.467 e. The van der Waals surface area contributed by atoms with Gasteiger partial charge >= 0.3 is 21.6 Å². The van der Waals surface area contributed by atoms with Crippen LogP contribution in [-0.4, -0.2) is 42.8 Å². The minimum absolute atomic E-state index is 0.597. The molecule has 0 saturated heterocycles. The van der Waals surface area contributed by atoms with Gasteiger partial charge in [-0.3, -0.25) is 4.55 Å². The van der Waals surface area contributed by atoms with Gasteiger partial charge < -0.3 is 9.84 Å². The molecule has 0 spiro atoms. The quantitative estimate of drug-likeness (QED) is 0.386. The molecule has 0 aliphatic carbocycles. The van der Waals surface area contributed by atoms with Crippen molar-refractivity contribution >= 4 is 16.1 Å². The average molecular weight is 254 g/mol. The number of hydrogen-bond donors (Lipinski definition) is 2. The van der Waals surface area contributed by atoms with Crippen molar-refractivity contribution in [3.8, 4) is 0 Å². The predicted molar refractivity (Wildman–Crippen MR) is 41.3 cm³/mol. The van der Waals surface area contributed by atoms with E-state index in [2.05, 4.69) is 4.74 Å². The maximum absolute atomic E-state index is 10.7. The van der Waals surface area contributed by atoms with Crippen LogP contribution in [0.15, 0.2) is 0 Å². The lowest BCUT2D eigenvalue weighted by molar-refractivity contribution is -0.149. The predicted octanol–water partition coefficient (Wildman–Crippen LogP) is -0.0658. The summed E-state index contributed by atoms with van der Waals surface area (Å²) in [5.41, 5.74) is -5.53. The van der Waals surface area contributed by atoms with E-state index >= 15 is 0 Å². The number of aliphatic hydroxyl groups is 1. The number of alkyl halides is 3. The second kappa shape index (κ2) is 5.88. The standard InChI is InChI=1S/C4H8O3.CHF3O3S/c1-3(5)4(6)7-2;2-1(3,4)8(5,6)7/h3,5H,1-2H3;(H,5,6,7)/t3-;/m1./s1. The van der Waals surface area contributed by atoms with Gasteiger partial charge in [-0.2, -0.15) is 21.6 Å². The number of carbonyl (C=O) groups is 1. The molecule has 0 aromatic carbocycles. The molecule has 0 aliphatic heterocycles. The van der Waals surface area contributed by atoms with Crippen molar-refractivity contribution in [2.45, 2.75) is 18.5 Å². The van der Waals surface area contributed by atoms with Crippen molar-refractivity contribution in [1.82, 2.24) is 0 Å². The second-order valence-corrected chi connectivity index (χ2v) is 3.53. The van der Waals surface area contributed by atoms with E-state index in [0.29, 0.717) is 0 Å². The highest BCUT2D eigenvalue weighted by atomic mass is 32.2. The number of ether oxygens (including phenoxy) is 1. The zero-order valence-electron chi connectivity index (χ0n) is 7.65. The molecule has 10 heteroatoms. The lowest BCUT2D eigenvalue weighted by atomic mass is 10.4. The molecule has 0 radical (unpaired) electrons. The minimum atomic E-state index is -5.84. The molecule has 0 heterocycles. The first-order valence-electron chi connectivity index (χ1n) is 3.23. The number of aliphatic hydroxyl groups excluding tert-OH is 1. The molecule has 0 aromatic rings. The second-order valence-electron chi connectivity index (χ2n) is 2.12. The van der Waals surface area contributed by atoms with E-state index in [-0.39, 0.29) is 0 Å². The Labute approximate surface area is 83.4 Å². The van der Waals surface area contributed by atoms with Crippen LogP contribution >= 0.6 is 0 Å². The number of rotatable bonds is 1. The van der Waals surface area contributed by atoms with Crippen molar-refractivity contribution in [3.05, 3.63) is 0 Å². The van der Waals surface area contributed by atoms with E-state index < -0.39 is 27.7 Å². The highest BCUT2D eigenvalue weighted by Crippen LogP contribution is 2.20. The zero-order valence-corrected chi connectivity index (χ0v) is 8.46. The molecule has 0 amide bonds. The van der Waals surface area contributed by atoms with E-state index in [1.54, 1.807) is 0 Å². The lowest BCUT2D eigenvalue weighted by Crippen LogP contribution is -2.21. The summed E-state index contributed by atoms with van der Waals surface area (Å²) < 4.78 is 61.7. The maximum Gasteiger partial charge on any atom is 0.522 e. The van der Waals surface area contributed by atoms with Crippen LogP contribution in [0.5, 0.6) is 0 Å². The molecule has 0 fully saturated rings. The van der Waals surface area contributed by atoms with Gasteiger partial charge in [-0.15, -0.1) is 0 Å². The molecule has 0 bridgehead atoms. The summed E-state index contributed by atoms with van der Waals surface area (Å²) in [6, 6.07) is 0. The fraction of sp³-hybridized carbons (Fsp3) is 0.800. The summed E-state index contributed by atoms with van der Waals surface area (Å²) in [6.07, 6.45) is -0.995. The van der Waals surface area contributed by atoms with Crippen LogP contribution in [0.25, 0.3) is 0 Å². The van der Waals surface area contributed by atoms with Crippen molar-refractivity contribution in [2.24, 2.45) is 0 Å². The van der Waals surface area contributed by atoms with Gasteiger partial charge in [-0.25, -0.2) is 4.79 Å². The fourth-order valence-corrected chi connectivity index (χ4v) is 0.171. The molecule has 6 nitrogen and oxygen atoms in total. The van der Waals surface area contributed by atoms with E-state index in [0.717, 1.165) is 0 Å². The van der Waals surface area contributed by atoms with Crippen molar-refractivity contribution in [1.29, 1.82) is 0 Å².